The molecule has 1 saturated carbocycles. The van der Waals surface area contributed by atoms with Crippen LogP contribution < -0.4 is 11.1 Å². The Bertz CT molecular complexity index is 967. The molecule has 1 aromatic carbocycles. The Morgan fingerprint density at radius 3 is 2.82 bits per heavy atom. The summed E-state index contributed by atoms with van der Waals surface area (Å²) in [6.45, 7) is 4.26. The minimum Gasteiger partial charge on any atom is -0.338 e. The summed E-state index contributed by atoms with van der Waals surface area (Å²) in [6, 6.07) is 8.11. The van der Waals surface area contributed by atoms with Gasteiger partial charge in [0.05, 0.1) is 6.33 Å². The minimum absolute atomic E-state index is 0.229. The van der Waals surface area contributed by atoms with Gasteiger partial charge in [0, 0.05) is 29.2 Å². The first-order valence-electron chi connectivity index (χ1n) is 10.0. The third-order valence-corrected chi connectivity index (χ3v) is 5.76. The molecule has 0 amide bonds. The molecular formula is C21H27ClN6. The molecule has 0 saturated heterocycles. The van der Waals surface area contributed by atoms with Crippen molar-refractivity contribution in [2.75, 3.05) is 5.32 Å². The van der Waals surface area contributed by atoms with Crippen LogP contribution in [0.25, 0.3) is 11.2 Å². The van der Waals surface area contributed by atoms with E-state index in [2.05, 4.69) is 28.7 Å². The van der Waals surface area contributed by atoms with E-state index < -0.39 is 0 Å². The van der Waals surface area contributed by atoms with Crippen LogP contribution >= 0.6 is 11.6 Å². The summed E-state index contributed by atoms with van der Waals surface area (Å²) in [5, 5.41) is 4.06. The van der Waals surface area contributed by atoms with Gasteiger partial charge in [0.1, 0.15) is 5.82 Å². The standard InChI is InChI=1S/C21H27ClN6/c1-13(2)28-12-24-19-20(25-16-8-5-7-15(22)11-16)26-18(27-21(19)28)10-14-6-3-4-9-17(14)23/h5,7-8,11-14,17H,3-4,6,9-10,23H2,1-2H3,(H,25,26,27)/t14-,17+/m1/s1. The van der Waals surface area contributed by atoms with Crippen molar-refractivity contribution in [2.24, 2.45) is 11.7 Å². The Kier molecular flexibility index (Phi) is 5.51. The van der Waals surface area contributed by atoms with E-state index in [1.807, 2.05) is 30.6 Å². The van der Waals surface area contributed by atoms with Gasteiger partial charge in [0.25, 0.3) is 0 Å². The summed E-state index contributed by atoms with van der Waals surface area (Å²) >= 11 is 6.14. The van der Waals surface area contributed by atoms with Crippen LogP contribution in [-0.4, -0.2) is 25.6 Å². The van der Waals surface area contributed by atoms with Gasteiger partial charge in [0.15, 0.2) is 17.0 Å². The van der Waals surface area contributed by atoms with Gasteiger partial charge in [-0.2, -0.15) is 0 Å². The molecule has 3 aromatic rings. The number of fused-ring (bicyclic) bond motifs is 1. The zero-order valence-corrected chi connectivity index (χ0v) is 17.2. The predicted octanol–water partition coefficient (Wildman–Crippen LogP) is 4.86. The Hall–Kier alpha value is -2.18. The number of hydrogen-bond donors (Lipinski definition) is 2. The van der Waals surface area contributed by atoms with Crippen molar-refractivity contribution >= 4 is 34.3 Å². The first-order chi connectivity index (χ1) is 13.5. The average Bonchev–Trinajstić information content (AvgIpc) is 3.08. The lowest BCUT2D eigenvalue weighted by Gasteiger charge is -2.28. The summed E-state index contributed by atoms with van der Waals surface area (Å²) in [4.78, 5) is 14.3. The summed E-state index contributed by atoms with van der Waals surface area (Å²) < 4.78 is 2.09. The summed E-state index contributed by atoms with van der Waals surface area (Å²) in [5.41, 5.74) is 8.88. The summed E-state index contributed by atoms with van der Waals surface area (Å²) in [7, 11) is 0. The van der Waals surface area contributed by atoms with Crippen LogP contribution in [0.15, 0.2) is 30.6 Å². The predicted molar refractivity (Wildman–Crippen MR) is 114 cm³/mol. The number of anilines is 2. The summed E-state index contributed by atoms with van der Waals surface area (Å²) in [5.74, 6) is 1.97. The first-order valence-corrected chi connectivity index (χ1v) is 10.4. The maximum Gasteiger partial charge on any atom is 0.166 e. The fraction of sp³-hybridized carbons (Fsp3) is 0.476. The van der Waals surface area contributed by atoms with E-state index >= 15 is 0 Å². The van der Waals surface area contributed by atoms with Gasteiger partial charge < -0.3 is 15.6 Å². The smallest absolute Gasteiger partial charge is 0.166 e. The molecule has 0 bridgehead atoms. The lowest BCUT2D eigenvalue weighted by Crippen LogP contribution is -2.34. The summed E-state index contributed by atoms with van der Waals surface area (Å²) in [6.07, 6.45) is 7.32. The molecular weight excluding hydrogens is 372 g/mol. The highest BCUT2D eigenvalue weighted by atomic mass is 35.5. The number of benzene rings is 1. The second-order valence-corrected chi connectivity index (χ2v) is 8.39. The molecule has 2 heterocycles. The van der Waals surface area contributed by atoms with Crippen LogP contribution in [0.3, 0.4) is 0 Å². The zero-order valence-electron chi connectivity index (χ0n) is 16.4. The Morgan fingerprint density at radius 2 is 2.07 bits per heavy atom. The van der Waals surface area contributed by atoms with Crippen LogP contribution in [-0.2, 0) is 6.42 Å². The van der Waals surface area contributed by atoms with E-state index in [0.717, 1.165) is 41.9 Å². The number of aromatic nitrogens is 4. The maximum atomic E-state index is 6.37. The third kappa shape index (κ3) is 3.98. The molecule has 1 aliphatic carbocycles. The van der Waals surface area contributed by atoms with Crippen LogP contribution in [0.1, 0.15) is 51.4 Å². The number of rotatable bonds is 5. The van der Waals surface area contributed by atoms with Gasteiger partial charge >= 0.3 is 0 Å². The molecule has 0 spiro atoms. The molecule has 148 valence electrons. The van der Waals surface area contributed by atoms with Crippen LogP contribution in [0.5, 0.6) is 0 Å². The molecule has 7 heteroatoms. The number of halogens is 1. The van der Waals surface area contributed by atoms with E-state index in [9.17, 15) is 0 Å². The van der Waals surface area contributed by atoms with Crippen LogP contribution in [0.4, 0.5) is 11.5 Å². The van der Waals surface area contributed by atoms with Gasteiger partial charge in [-0.05, 0) is 50.8 Å². The van der Waals surface area contributed by atoms with E-state index in [1.165, 1.54) is 12.8 Å². The van der Waals surface area contributed by atoms with Crippen molar-refractivity contribution in [3.05, 3.63) is 41.4 Å². The zero-order chi connectivity index (χ0) is 19.7. The minimum atomic E-state index is 0.229. The SMILES string of the molecule is CC(C)n1cnc2c(Nc3cccc(Cl)c3)nc(C[C@H]3CCCC[C@@H]3N)nc21. The molecule has 0 radical (unpaired) electrons. The molecule has 6 nitrogen and oxygen atoms in total. The van der Waals surface area contributed by atoms with Gasteiger partial charge in [-0.15, -0.1) is 0 Å². The van der Waals surface area contributed by atoms with Crippen molar-refractivity contribution < 1.29 is 0 Å². The number of nitrogens with one attached hydrogen (secondary N) is 1. The Labute approximate surface area is 170 Å². The second kappa shape index (κ2) is 8.05. The maximum absolute atomic E-state index is 6.37. The third-order valence-electron chi connectivity index (χ3n) is 5.52. The molecule has 4 rings (SSSR count). The molecule has 1 fully saturated rings. The van der Waals surface area contributed by atoms with E-state index in [4.69, 9.17) is 27.3 Å². The average molecular weight is 399 g/mol. The highest BCUT2D eigenvalue weighted by Gasteiger charge is 2.24. The molecule has 0 unspecified atom stereocenters. The highest BCUT2D eigenvalue weighted by molar-refractivity contribution is 6.30. The molecule has 1 aliphatic rings. The fourth-order valence-electron chi connectivity index (χ4n) is 3.95. The molecule has 3 N–H and O–H groups in total. The molecule has 2 aromatic heterocycles. The number of nitrogens with two attached hydrogens (primary N) is 1. The van der Waals surface area contributed by atoms with Crippen LogP contribution in [0.2, 0.25) is 5.02 Å². The largest absolute Gasteiger partial charge is 0.338 e. The monoisotopic (exact) mass is 398 g/mol. The Morgan fingerprint density at radius 1 is 1.25 bits per heavy atom. The van der Waals surface area contributed by atoms with Crippen molar-refractivity contribution in [1.29, 1.82) is 0 Å². The van der Waals surface area contributed by atoms with E-state index in [-0.39, 0.29) is 12.1 Å². The van der Waals surface area contributed by atoms with Crippen molar-refractivity contribution in [3.8, 4) is 0 Å². The topological polar surface area (TPSA) is 81.7 Å². The number of hydrogen-bond acceptors (Lipinski definition) is 5. The fourth-order valence-corrected chi connectivity index (χ4v) is 4.14. The van der Waals surface area contributed by atoms with Gasteiger partial charge in [-0.25, -0.2) is 15.0 Å². The quantitative estimate of drug-likeness (QED) is 0.641. The van der Waals surface area contributed by atoms with Crippen molar-refractivity contribution in [1.82, 2.24) is 19.5 Å². The van der Waals surface area contributed by atoms with Gasteiger partial charge in [0.2, 0.25) is 0 Å². The molecule has 0 aliphatic heterocycles. The van der Waals surface area contributed by atoms with Gasteiger partial charge in [-0.3, -0.25) is 0 Å². The number of imidazole rings is 1. The first kappa shape index (κ1) is 19.2. The Balaban J connectivity index is 1.74. The van der Waals surface area contributed by atoms with Crippen molar-refractivity contribution in [2.45, 2.75) is 58.0 Å². The van der Waals surface area contributed by atoms with Crippen LogP contribution in [0, 0.1) is 5.92 Å². The molecule has 28 heavy (non-hydrogen) atoms. The lowest BCUT2D eigenvalue weighted by molar-refractivity contribution is 0.302. The van der Waals surface area contributed by atoms with E-state index in [0.29, 0.717) is 16.8 Å². The van der Waals surface area contributed by atoms with Gasteiger partial charge in [-0.1, -0.05) is 30.5 Å². The number of nitrogens with zero attached hydrogens (tertiary/aromatic N) is 4. The normalized spacial score (nSPS) is 20.0. The molecule has 2 atom stereocenters. The van der Waals surface area contributed by atoms with Crippen molar-refractivity contribution in [3.63, 3.8) is 0 Å². The second-order valence-electron chi connectivity index (χ2n) is 7.95. The lowest BCUT2D eigenvalue weighted by atomic mass is 9.83. The van der Waals surface area contributed by atoms with E-state index in [1.54, 1.807) is 0 Å². The highest BCUT2D eigenvalue weighted by Crippen LogP contribution is 2.29.